The molecule has 4 rings (SSSR count). The summed E-state index contributed by atoms with van der Waals surface area (Å²) in [5.41, 5.74) is 2.09. The van der Waals surface area contributed by atoms with Crippen molar-refractivity contribution in [2.45, 2.75) is 6.92 Å². The van der Waals surface area contributed by atoms with E-state index in [2.05, 4.69) is 0 Å². The van der Waals surface area contributed by atoms with Crippen LogP contribution in [-0.2, 0) is 0 Å². The molecule has 3 aromatic carbocycles. The van der Waals surface area contributed by atoms with E-state index < -0.39 is 0 Å². The summed E-state index contributed by atoms with van der Waals surface area (Å²) in [4.78, 5) is 18.0. The molecule has 27 heavy (non-hydrogen) atoms. The largest absolute Gasteiger partial charge is 0.494 e. The van der Waals surface area contributed by atoms with Gasteiger partial charge in [-0.25, -0.2) is 4.98 Å². The lowest BCUT2D eigenvalue weighted by Crippen LogP contribution is -2.21. The van der Waals surface area contributed by atoms with Crippen molar-refractivity contribution in [2.75, 3.05) is 6.61 Å². The number of aromatic nitrogens is 2. The lowest BCUT2D eigenvalue weighted by atomic mass is 10.1. The van der Waals surface area contributed by atoms with E-state index in [1.165, 1.54) is 0 Å². The molecule has 0 aliphatic rings. The van der Waals surface area contributed by atoms with Crippen LogP contribution in [0.2, 0.25) is 5.02 Å². The quantitative estimate of drug-likeness (QED) is 0.497. The first kappa shape index (κ1) is 17.3. The topological polar surface area (TPSA) is 44.1 Å². The fourth-order valence-electron chi connectivity index (χ4n) is 3.02. The van der Waals surface area contributed by atoms with Gasteiger partial charge in [0, 0.05) is 10.6 Å². The molecule has 134 valence electrons. The summed E-state index contributed by atoms with van der Waals surface area (Å²) in [5, 5.41) is 1.21. The summed E-state index contributed by atoms with van der Waals surface area (Å²) in [7, 11) is 0. The number of hydrogen-bond donors (Lipinski definition) is 0. The Bertz CT molecular complexity index is 1150. The van der Waals surface area contributed by atoms with Gasteiger partial charge in [0.15, 0.2) is 0 Å². The van der Waals surface area contributed by atoms with Gasteiger partial charge in [-0.3, -0.25) is 9.36 Å². The van der Waals surface area contributed by atoms with Crippen molar-refractivity contribution in [3.8, 4) is 22.8 Å². The van der Waals surface area contributed by atoms with Crippen molar-refractivity contribution in [1.29, 1.82) is 0 Å². The molecule has 4 nitrogen and oxygen atoms in total. The van der Waals surface area contributed by atoms with Gasteiger partial charge in [0.25, 0.3) is 5.56 Å². The van der Waals surface area contributed by atoms with Gasteiger partial charge >= 0.3 is 0 Å². The zero-order valence-electron chi connectivity index (χ0n) is 14.7. The molecular weight excluding hydrogens is 360 g/mol. The molecular formula is C22H17ClN2O2. The fraction of sp³-hybridized carbons (Fsp3) is 0.0909. The van der Waals surface area contributed by atoms with Gasteiger partial charge in [0.2, 0.25) is 0 Å². The summed E-state index contributed by atoms with van der Waals surface area (Å²) in [6.07, 6.45) is 0. The highest BCUT2D eigenvalue weighted by Gasteiger charge is 2.14. The van der Waals surface area contributed by atoms with E-state index in [4.69, 9.17) is 21.3 Å². The summed E-state index contributed by atoms with van der Waals surface area (Å²) in [6, 6.07) is 22.1. The lowest BCUT2D eigenvalue weighted by molar-refractivity contribution is 0.340. The maximum absolute atomic E-state index is 13.3. The number of hydrogen-bond acceptors (Lipinski definition) is 3. The van der Waals surface area contributed by atoms with E-state index in [1.807, 2.05) is 61.5 Å². The lowest BCUT2D eigenvalue weighted by Gasteiger charge is -2.14. The number of para-hydroxylation sites is 1. The second-order valence-electron chi connectivity index (χ2n) is 6.03. The van der Waals surface area contributed by atoms with Crippen LogP contribution in [0.25, 0.3) is 28.0 Å². The number of ether oxygens (including phenoxy) is 1. The van der Waals surface area contributed by atoms with E-state index in [9.17, 15) is 4.79 Å². The second-order valence-corrected chi connectivity index (χ2v) is 6.46. The van der Waals surface area contributed by atoms with Crippen LogP contribution in [0, 0.1) is 0 Å². The summed E-state index contributed by atoms with van der Waals surface area (Å²) in [5.74, 6) is 1.33. The van der Waals surface area contributed by atoms with Crippen LogP contribution in [0.3, 0.4) is 0 Å². The third kappa shape index (κ3) is 3.32. The van der Waals surface area contributed by atoms with Crippen LogP contribution in [0.5, 0.6) is 5.75 Å². The predicted molar refractivity (Wildman–Crippen MR) is 109 cm³/mol. The molecule has 5 heteroatoms. The van der Waals surface area contributed by atoms with Crippen LogP contribution in [0.15, 0.2) is 77.6 Å². The van der Waals surface area contributed by atoms with Crippen molar-refractivity contribution in [2.24, 2.45) is 0 Å². The van der Waals surface area contributed by atoms with E-state index in [1.54, 1.807) is 22.8 Å². The van der Waals surface area contributed by atoms with Crippen LogP contribution in [-0.4, -0.2) is 16.2 Å². The minimum Gasteiger partial charge on any atom is -0.494 e. The average Bonchev–Trinajstić information content (AvgIpc) is 2.70. The zero-order valence-corrected chi connectivity index (χ0v) is 15.5. The highest BCUT2D eigenvalue weighted by molar-refractivity contribution is 6.30. The Balaban J connectivity index is 1.99. The standard InChI is InChI=1S/C22H17ClN2O2/c1-2-27-18-13-11-17(12-14-18)25-21(15-7-9-16(23)10-8-15)24-20-6-4-3-5-19(20)22(25)26/h3-14H,2H2,1H3. The Morgan fingerprint density at radius 2 is 1.67 bits per heavy atom. The minimum atomic E-state index is -0.116. The molecule has 1 aromatic heterocycles. The SMILES string of the molecule is CCOc1ccc(-n2c(-c3ccc(Cl)cc3)nc3ccccc3c2=O)cc1. The van der Waals surface area contributed by atoms with E-state index in [0.717, 1.165) is 17.0 Å². The Hall–Kier alpha value is -3.11. The number of benzene rings is 3. The molecule has 4 aromatic rings. The third-order valence-corrected chi connectivity index (χ3v) is 4.54. The van der Waals surface area contributed by atoms with E-state index >= 15 is 0 Å². The van der Waals surface area contributed by atoms with Gasteiger partial charge < -0.3 is 4.74 Å². The first-order valence-corrected chi connectivity index (χ1v) is 9.06. The zero-order chi connectivity index (χ0) is 18.8. The van der Waals surface area contributed by atoms with Gasteiger partial charge in [0.1, 0.15) is 11.6 Å². The number of halogens is 1. The average molecular weight is 377 g/mol. The molecule has 0 bridgehead atoms. The number of rotatable bonds is 4. The molecule has 0 fully saturated rings. The summed E-state index contributed by atoms with van der Waals surface area (Å²) < 4.78 is 7.13. The molecule has 0 radical (unpaired) electrons. The third-order valence-electron chi connectivity index (χ3n) is 4.28. The maximum atomic E-state index is 13.3. The van der Waals surface area contributed by atoms with Gasteiger partial charge in [-0.15, -0.1) is 0 Å². The molecule has 0 aliphatic heterocycles. The normalized spacial score (nSPS) is 10.9. The molecule has 0 unspecified atom stereocenters. The Labute approximate surface area is 161 Å². The molecule has 0 saturated heterocycles. The Morgan fingerprint density at radius 1 is 0.963 bits per heavy atom. The van der Waals surface area contributed by atoms with Gasteiger partial charge in [-0.2, -0.15) is 0 Å². The van der Waals surface area contributed by atoms with Crippen LogP contribution in [0.4, 0.5) is 0 Å². The smallest absolute Gasteiger partial charge is 0.266 e. The van der Waals surface area contributed by atoms with Crippen LogP contribution in [0.1, 0.15) is 6.92 Å². The molecule has 0 amide bonds. The van der Waals surface area contributed by atoms with Crippen molar-refractivity contribution in [3.05, 3.63) is 88.2 Å². The minimum absolute atomic E-state index is 0.116. The van der Waals surface area contributed by atoms with E-state index in [0.29, 0.717) is 28.4 Å². The molecule has 0 atom stereocenters. The Kier molecular flexibility index (Phi) is 4.65. The van der Waals surface area contributed by atoms with Crippen LogP contribution >= 0.6 is 11.6 Å². The fourth-order valence-corrected chi connectivity index (χ4v) is 3.15. The first-order valence-electron chi connectivity index (χ1n) is 8.68. The molecule has 0 N–H and O–H groups in total. The van der Waals surface area contributed by atoms with Crippen molar-refractivity contribution < 1.29 is 4.74 Å². The monoisotopic (exact) mass is 376 g/mol. The number of fused-ring (bicyclic) bond motifs is 1. The highest BCUT2D eigenvalue weighted by Crippen LogP contribution is 2.24. The van der Waals surface area contributed by atoms with Gasteiger partial charge in [0.05, 0.1) is 23.2 Å². The second kappa shape index (κ2) is 7.25. The maximum Gasteiger partial charge on any atom is 0.266 e. The summed E-state index contributed by atoms with van der Waals surface area (Å²) >= 11 is 6.03. The predicted octanol–water partition coefficient (Wildman–Crippen LogP) is 5.10. The first-order chi connectivity index (χ1) is 13.2. The number of nitrogens with zero attached hydrogens (tertiary/aromatic N) is 2. The Morgan fingerprint density at radius 3 is 2.37 bits per heavy atom. The highest BCUT2D eigenvalue weighted by atomic mass is 35.5. The van der Waals surface area contributed by atoms with Gasteiger partial charge in [-0.1, -0.05) is 23.7 Å². The molecule has 0 saturated carbocycles. The molecule has 0 aliphatic carbocycles. The summed E-state index contributed by atoms with van der Waals surface area (Å²) in [6.45, 7) is 2.52. The van der Waals surface area contributed by atoms with E-state index in [-0.39, 0.29) is 5.56 Å². The van der Waals surface area contributed by atoms with Gasteiger partial charge in [-0.05, 0) is 67.6 Å². The van der Waals surface area contributed by atoms with Crippen molar-refractivity contribution in [3.63, 3.8) is 0 Å². The molecule has 1 heterocycles. The van der Waals surface area contributed by atoms with Crippen molar-refractivity contribution in [1.82, 2.24) is 9.55 Å². The van der Waals surface area contributed by atoms with Crippen LogP contribution < -0.4 is 10.3 Å². The van der Waals surface area contributed by atoms with Crippen molar-refractivity contribution >= 4 is 22.5 Å². The molecule has 0 spiro atoms.